The normalized spacial score (nSPS) is 19.8. The molecule has 2 aromatic carbocycles. The standard InChI is InChI=1S/C26H23ClFN3O2S2/c1-26(2)12-20-23(21(32)13-26)19(16-5-9-18(28)10-6-16)11-22(33)31(20)24-29-30-25(35-24)34-14-15-3-7-17(27)8-4-15/h3-10,19H,11-14H2,1-2H3/t19-/m1/s1. The number of ketones is 1. The summed E-state index contributed by atoms with van der Waals surface area (Å²) in [6, 6.07) is 13.7. The summed E-state index contributed by atoms with van der Waals surface area (Å²) < 4.78 is 14.3. The molecule has 0 radical (unpaired) electrons. The Kier molecular flexibility index (Phi) is 6.55. The van der Waals surface area contributed by atoms with Crippen molar-refractivity contribution in [3.8, 4) is 0 Å². The number of anilines is 1. The highest BCUT2D eigenvalue weighted by Crippen LogP contribution is 2.48. The number of rotatable bonds is 5. The van der Waals surface area contributed by atoms with Gasteiger partial charge in [0.1, 0.15) is 5.82 Å². The van der Waals surface area contributed by atoms with Gasteiger partial charge >= 0.3 is 0 Å². The van der Waals surface area contributed by atoms with Crippen LogP contribution < -0.4 is 4.90 Å². The first-order valence-electron chi connectivity index (χ1n) is 11.3. The minimum atomic E-state index is -0.385. The Labute approximate surface area is 216 Å². The van der Waals surface area contributed by atoms with Crippen LogP contribution in [0, 0.1) is 11.2 Å². The zero-order valence-corrected chi connectivity index (χ0v) is 21.6. The van der Waals surface area contributed by atoms with E-state index in [2.05, 4.69) is 10.2 Å². The molecular formula is C26H23ClFN3O2S2. The Hall–Kier alpha value is -2.55. The SMILES string of the molecule is CC1(C)CC(=O)C2=C(C1)N(c1nnc(SCc3ccc(Cl)cc3)s1)C(=O)C[C@@H]2c1ccc(F)cc1. The smallest absolute Gasteiger partial charge is 0.234 e. The third-order valence-electron chi connectivity index (χ3n) is 6.28. The first-order chi connectivity index (χ1) is 16.7. The minimum Gasteiger partial charge on any atom is -0.294 e. The number of halogens is 2. The lowest BCUT2D eigenvalue weighted by Gasteiger charge is -2.41. The first kappa shape index (κ1) is 24.2. The van der Waals surface area contributed by atoms with E-state index >= 15 is 0 Å². The number of benzene rings is 2. The van der Waals surface area contributed by atoms with Crippen LogP contribution in [0.25, 0.3) is 0 Å². The van der Waals surface area contributed by atoms with E-state index in [1.54, 1.807) is 17.0 Å². The summed E-state index contributed by atoms with van der Waals surface area (Å²) in [6.45, 7) is 4.07. The van der Waals surface area contributed by atoms with Gasteiger partial charge in [-0.3, -0.25) is 14.5 Å². The average Bonchev–Trinajstić information content (AvgIpc) is 3.26. The van der Waals surface area contributed by atoms with Crippen LogP contribution in [-0.4, -0.2) is 21.9 Å². The summed E-state index contributed by atoms with van der Waals surface area (Å²) in [4.78, 5) is 28.4. The minimum absolute atomic E-state index is 0.0323. The van der Waals surface area contributed by atoms with E-state index in [0.29, 0.717) is 40.0 Å². The van der Waals surface area contributed by atoms with Crippen LogP contribution in [0.5, 0.6) is 0 Å². The Morgan fingerprint density at radius 2 is 1.80 bits per heavy atom. The first-order valence-corrected chi connectivity index (χ1v) is 13.4. The van der Waals surface area contributed by atoms with Crippen molar-refractivity contribution in [1.29, 1.82) is 0 Å². The number of nitrogens with zero attached hydrogens (tertiary/aromatic N) is 3. The molecule has 1 aromatic heterocycles. The van der Waals surface area contributed by atoms with E-state index in [0.717, 1.165) is 15.5 Å². The average molecular weight is 528 g/mol. The maximum atomic E-state index is 13.5. The van der Waals surface area contributed by atoms with Crippen LogP contribution in [0.2, 0.25) is 5.02 Å². The molecule has 3 aromatic rings. The predicted molar refractivity (Wildman–Crippen MR) is 137 cm³/mol. The summed E-state index contributed by atoms with van der Waals surface area (Å²) in [5.41, 5.74) is 2.94. The van der Waals surface area contributed by atoms with Crippen LogP contribution in [0.3, 0.4) is 0 Å². The van der Waals surface area contributed by atoms with Gasteiger partial charge in [-0.05, 0) is 47.2 Å². The number of hydrogen-bond acceptors (Lipinski definition) is 6. The molecule has 0 bridgehead atoms. The van der Waals surface area contributed by atoms with E-state index in [-0.39, 0.29) is 35.3 Å². The van der Waals surface area contributed by atoms with Crippen molar-refractivity contribution in [2.75, 3.05) is 4.90 Å². The second-order valence-corrected chi connectivity index (χ2v) is 12.2. The van der Waals surface area contributed by atoms with Crippen LogP contribution in [0.1, 0.15) is 50.2 Å². The zero-order valence-electron chi connectivity index (χ0n) is 19.3. The van der Waals surface area contributed by atoms with Gasteiger partial charge in [0, 0.05) is 40.8 Å². The van der Waals surface area contributed by atoms with E-state index in [4.69, 9.17) is 11.6 Å². The lowest BCUT2D eigenvalue weighted by atomic mass is 9.69. The second kappa shape index (κ2) is 9.48. The fourth-order valence-corrected chi connectivity index (χ4v) is 6.66. The monoisotopic (exact) mass is 527 g/mol. The third-order valence-corrected chi connectivity index (χ3v) is 8.64. The highest BCUT2D eigenvalue weighted by Gasteiger charge is 2.45. The van der Waals surface area contributed by atoms with E-state index in [1.165, 1.54) is 35.2 Å². The van der Waals surface area contributed by atoms with Gasteiger partial charge in [0.2, 0.25) is 11.0 Å². The predicted octanol–water partition coefficient (Wildman–Crippen LogP) is 6.79. The number of carbonyl (C=O) groups is 2. The molecule has 2 aliphatic rings. The lowest BCUT2D eigenvalue weighted by Crippen LogP contribution is -2.43. The number of aromatic nitrogens is 2. The van der Waals surface area contributed by atoms with Crippen molar-refractivity contribution >= 4 is 51.5 Å². The maximum absolute atomic E-state index is 13.5. The molecular weight excluding hydrogens is 505 g/mol. The highest BCUT2D eigenvalue weighted by molar-refractivity contribution is 8.00. The molecule has 0 saturated heterocycles. The number of Topliss-reactive ketones (excluding diaryl/α,β-unsaturated/α-hetero) is 1. The molecule has 0 unspecified atom stereocenters. The number of amides is 1. The van der Waals surface area contributed by atoms with Gasteiger partial charge in [0.15, 0.2) is 10.1 Å². The summed E-state index contributed by atoms with van der Waals surface area (Å²) in [5.74, 6) is -0.130. The molecule has 0 saturated carbocycles. The van der Waals surface area contributed by atoms with Crippen molar-refractivity contribution in [1.82, 2.24) is 10.2 Å². The molecule has 0 spiro atoms. The Balaban J connectivity index is 1.48. The van der Waals surface area contributed by atoms with Gasteiger partial charge in [-0.15, -0.1) is 10.2 Å². The summed E-state index contributed by atoms with van der Waals surface area (Å²) in [7, 11) is 0. The second-order valence-electron chi connectivity index (χ2n) is 9.60. The fraction of sp³-hybridized carbons (Fsp3) is 0.308. The van der Waals surface area contributed by atoms with Gasteiger partial charge < -0.3 is 0 Å². The molecule has 1 aliphatic heterocycles. The maximum Gasteiger partial charge on any atom is 0.234 e. The zero-order chi connectivity index (χ0) is 24.7. The molecule has 0 N–H and O–H groups in total. The van der Waals surface area contributed by atoms with Gasteiger partial charge in [-0.2, -0.15) is 0 Å². The van der Waals surface area contributed by atoms with E-state index < -0.39 is 0 Å². The molecule has 5 nitrogen and oxygen atoms in total. The molecule has 5 rings (SSSR count). The third kappa shape index (κ3) is 5.06. The van der Waals surface area contributed by atoms with E-state index in [1.807, 2.05) is 38.1 Å². The summed E-state index contributed by atoms with van der Waals surface area (Å²) in [5, 5.41) is 9.79. The van der Waals surface area contributed by atoms with Crippen LogP contribution >= 0.6 is 34.7 Å². The van der Waals surface area contributed by atoms with Gasteiger partial charge in [-0.25, -0.2) is 4.39 Å². The van der Waals surface area contributed by atoms with Crippen LogP contribution in [0.4, 0.5) is 9.52 Å². The Bertz CT molecular complexity index is 1320. The number of thioether (sulfide) groups is 1. The number of carbonyl (C=O) groups excluding carboxylic acids is 2. The number of hydrogen-bond donors (Lipinski definition) is 0. The van der Waals surface area contributed by atoms with E-state index in [9.17, 15) is 14.0 Å². The topological polar surface area (TPSA) is 63.2 Å². The lowest BCUT2D eigenvalue weighted by molar-refractivity contribution is -0.121. The molecule has 180 valence electrons. The van der Waals surface area contributed by atoms with Crippen molar-refractivity contribution in [3.05, 3.63) is 81.8 Å². The Morgan fingerprint density at radius 1 is 1.09 bits per heavy atom. The molecule has 9 heteroatoms. The highest BCUT2D eigenvalue weighted by atomic mass is 35.5. The molecule has 2 heterocycles. The molecule has 1 amide bonds. The molecule has 35 heavy (non-hydrogen) atoms. The largest absolute Gasteiger partial charge is 0.294 e. The molecule has 1 aliphatic carbocycles. The Morgan fingerprint density at radius 3 is 2.51 bits per heavy atom. The van der Waals surface area contributed by atoms with Crippen LogP contribution in [0.15, 0.2) is 64.1 Å². The summed E-state index contributed by atoms with van der Waals surface area (Å²) in [6.07, 6.45) is 1.11. The van der Waals surface area contributed by atoms with Gasteiger partial charge in [0.05, 0.1) is 0 Å². The quantitative estimate of drug-likeness (QED) is 0.270. The van der Waals surface area contributed by atoms with Crippen LogP contribution in [-0.2, 0) is 15.3 Å². The molecule has 1 atom stereocenters. The van der Waals surface area contributed by atoms with Crippen molar-refractivity contribution in [3.63, 3.8) is 0 Å². The van der Waals surface area contributed by atoms with Gasteiger partial charge in [0.25, 0.3) is 0 Å². The van der Waals surface area contributed by atoms with Crippen molar-refractivity contribution in [2.24, 2.45) is 5.41 Å². The molecule has 0 fully saturated rings. The van der Waals surface area contributed by atoms with Gasteiger partial charge in [-0.1, -0.05) is 72.8 Å². The van der Waals surface area contributed by atoms with Crippen molar-refractivity contribution < 1.29 is 14.0 Å². The fourth-order valence-electron chi connectivity index (χ4n) is 4.69. The number of allylic oxidation sites excluding steroid dienone is 2. The van der Waals surface area contributed by atoms with Crippen molar-refractivity contribution in [2.45, 2.75) is 49.1 Å². The summed E-state index contributed by atoms with van der Waals surface area (Å²) >= 11 is 8.85.